The summed E-state index contributed by atoms with van der Waals surface area (Å²) in [4.78, 5) is 0. The summed E-state index contributed by atoms with van der Waals surface area (Å²) < 4.78 is 25.3. The zero-order valence-electron chi connectivity index (χ0n) is 9.70. The maximum atomic E-state index is 11.6. The van der Waals surface area contributed by atoms with Gasteiger partial charge in [0.2, 0.25) is 0 Å². The minimum absolute atomic E-state index is 0.161. The minimum atomic E-state index is -2.96. The highest BCUT2D eigenvalue weighted by Crippen LogP contribution is 2.22. The number of halogens is 2. The molecule has 0 aliphatic heterocycles. The SMILES string of the molecule is CC(C)S(=O)(=O)CCNc1ccc(I)c(Br)c1. The number of benzene rings is 1. The Morgan fingerprint density at radius 2 is 2.06 bits per heavy atom. The highest BCUT2D eigenvalue weighted by Gasteiger charge is 2.15. The van der Waals surface area contributed by atoms with Crippen molar-refractivity contribution in [2.24, 2.45) is 0 Å². The summed E-state index contributed by atoms with van der Waals surface area (Å²) >= 11 is 5.66. The first-order valence-corrected chi connectivity index (χ1v) is 8.82. The van der Waals surface area contributed by atoms with Crippen molar-refractivity contribution in [2.45, 2.75) is 19.1 Å². The van der Waals surface area contributed by atoms with Crippen LogP contribution in [0.2, 0.25) is 0 Å². The molecular weight excluding hydrogens is 417 g/mol. The Morgan fingerprint density at radius 1 is 1.41 bits per heavy atom. The van der Waals surface area contributed by atoms with Crippen LogP contribution in [0.4, 0.5) is 5.69 Å². The smallest absolute Gasteiger partial charge is 0.154 e. The molecule has 1 N–H and O–H groups in total. The highest BCUT2D eigenvalue weighted by molar-refractivity contribution is 14.1. The molecule has 0 bridgehead atoms. The molecule has 6 heteroatoms. The molecule has 96 valence electrons. The predicted octanol–water partition coefficient (Wildman–Crippen LogP) is 3.29. The molecule has 0 heterocycles. The Bertz CT molecular complexity index is 488. The second-order valence-corrected chi connectivity index (χ2v) is 8.66. The lowest BCUT2D eigenvalue weighted by Gasteiger charge is -2.10. The number of hydrogen-bond donors (Lipinski definition) is 1. The molecule has 0 unspecified atom stereocenters. The summed E-state index contributed by atoms with van der Waals surface area (Å²) in [7, 11) is -2.96. The molecule has 1 aromatic rings. The topological polar surface area (TPSA) is 46.2 Å². The van der Waals surface area contributed by atoms with E-state index in [1.54, 1.807) is 13.8 Å². The summed E-state index contributed by atoms with van der Waals surface area (Å²) in [5.74, 6) is 0.161. The summed E-state index contributed by atoms with van der Waals surface area (Å²) in [5, 5.41) is 2.80. The largest absolute Gasteiger partial charge is 0.384 e. The van der Waals surface area contributed by atoms with Gasteiger partial charge in [0.1, 0.15) is 0 Å². The average Bonchev–Trinajstić information content (AvgIpc) is 2.23. The summed E-state index contributed by atoms with van der Waals surface area (Å²) in [6.07, 6.45) is 0. The van der Waals surface area contributed by atoms with Crippen molar-refractivity contribution in [3.8, 4) is 0 Å². The van der Waals surface area contributed by atoms with E-state index in [9.17, 15) is 8.42 Å². The molecule has 0 aromatic heterocycles. The van der Waals surface area contributed by atoms with Crippen LogP contribution in [0.1, 0.15) is 13.8 Å². The van der Waals surface area contributed by atoms with Gasteiger partial charge < -0.3 is 5.32 Å². The van der Waals surface area contributed by atoms with Crippen LogP contribution >= 0.6 is 38.5 Å². The third-order valence-corrected chi connectivity index (χ3v) is 6.90. The third kappa shape index (κ3) is 4.75. The maximum absolute atomic E-state index is 11.6. The number of sulfone groups is 1. The van der Waals surface area contributed by atoms with E-state index in [2.05, 4.69) is 43.8 Å². The van der Waals surface area contributed by atoms with Crippen LogP contribution in [-0.2, 0) is 9.84 Å². The fraction of sp³-hybridized carbons (Fsp3) is 0.455. The number of anilines is 1. The van der Waals surface area contributed by atoms with Gasteiger partial charge in [0.15, 0.2) is 9.84 Å². The molecule has 0 fully saturated rings. The van der Waals surface area contributed by atoms with Crippen LogP contribution in [-0.4, -0.2) is 26.0 Å². The Morgan fingerprint density at radius 3 is 2.59 bits per heavy atom. The standard InChI is InChI=1S/C11H15BrINO2S/c1-8(2)17(15,16)6-5-14-9-3-4-11(13)10(12)7-9/h3-4,7-8,14H,5-6H2,1-2H3. The van der Waals surface area contributed by atoms with Crippen molar-refractivity contribution < 1.29 is 8.42 Å². The molecule has 1 aromatic carbocycles. The molecule has 0 atom stereocenters. The highest BCUT2D eigenvalue weighted by atomic mass is 127. The maximum Gasteiger partial charge on any atom is 0.154 e. The quantitative estimate of drug-likeness (QED) is 0.727. The zero-order valence-corrected chi connectivity index (χ0v) is 14.3. The van der Waals surface area contributed by atoms with Crippen molar-refractivity contribution in [3.63, 3.8) is 0 Å². The van der Waals surface area contributed by atoms with Crippen molar-refractivity contribution in [1.29, 1.82) is 0 Å². The van der Waals surface area contributed by atoms with Gasteiger partial charge in [-0.2, -0.15) is 0 Å². The summed E-state index contributed by atoms with van der Waals surface area (Å²) in [6, 6.07) is 5.86. The van der Waals surface area contributed by atoms with Crippen molar-refractivity contribution in [3.05, 3.63) is 26.2 Å². The molecule has 17 heavy (non-hydrogen) atoms. The first-order chi connectivity index (χ1) is 7.83. The fourth-order valence-corrected chi connectivity index (χ4v) is 2.75. The predicted molar refractivity (Wildman–Crippen MR) is 84.3 cm³/mol. The Hall–Kier alpha value is 0.180. The molecule has 0 amide bonds. The summed E-state index contributed by atoms with van der Waals surface area (Å²) in [5.41, 5.74) is 0.927. The average molecular weight is 432 g/mol. The lowest BCUT2D eigenvalue weighted by Crippen LogP contribution is -2.22. The zero-order chi connectivity index (χ0) is 13.1. The van der Waals surface area contributed by atoms with Crippen LogP contribution in [0.3, 0.4) is 0 Å². The lowest BCUT2D eigenvalue weighted by atomic mass is 10.3. The van der Waals surface area contributed by atoms with E-state index >= 15 is 0 Å². The van der Waals surface area contributed by atoms with Gasteiger partial charge in [-0.1, -0.05) is 0 Å². The molecule has 0 saturated carbocycles. The van der Waals surface area contributed by atoms with E-state index in [0.29, 0.717) is 6.54 Å². The van der Waals surface area contributed by atoms with E-state index in [0.717, 1.165) is 13.7 Å². The van der Waals surface area contributed by atoms with E-state index in [-0.39, 0.29) is 11.0 Å². The molecule has 3 nitrogen and oxygen atoms in total. The molecule has 0 radical (unpaired) electrons. The first-order valence-electron chi connectivity index (χ1n) is 5.23. The van der Waals surface area contributed by atoms with Gasteiger partial charge in [0.25, 0.3) is 0 Å². The van der Waals surface area contributed by atoms with E-state index in [1.165, 1.54) is 0 Å². The summed E-state index contributed by atoms with van der Waals surface area (Å²) in [6.45, 7) is 3.85. The second-order valence-electron chi connectivity index (χ2n) is 3.97. The normalized spacial score (nSPS) is 11.8. The Balaban J connectivity index is 2.55. The van der Waals surface area contributed by atoms with Crippen LogP contribution in [0.5, 0.6) is 0 Å². The van der Waals surface area contributed by atoms with E-state index < -0.39 is 9.84 Å². The fourth-order valence-electron chi connectivity index (χ4n) is 1.18. The van der Waals surface area contributed by atoms with Crippen LogP contribution < -0.4 is 5.32 Å². The minimum Gasteiger partial charge on any atom is -0.384 e. The van der Waals surface area contributed by atoms with Crippen molar-refractivity contribution in [1.82, 2.24) is 0 Å². The van der Waals surface area contributed by atoms with Gasteiger partial charge in [-0.3, -0.25) is 0 Å². The van der Waals surface area contributed by atoms with Crippen molar-refractivity contribution in [2.75, 3.05) is 17.6 Å². The van der Waals surface area contributed by atoms with Gasteiger partial charge in [-0.15, -0.1) is 0 Å². The molecule has 0 aliphatic carbocycles. The van der Waals surface area contributed by atoms with Gasteiger partial charge in [0, 0.05) is 20.3 Å². The molecule has 0 aliphatic rings. The third-order valence-electron chi connectivity index (χ3n) is 2.35. The number of rotatable bonds is 5. The van der Waals surface area contributed by atoms with Crippen LogP contribution in [0, 0.1) is 3.57 Å². The number of nitrogens with one attached hydrogen (secondary N) is 1. The van der Waals surface area contributed by atoms with Gasteiger partial charge in [-0.05, 0) is 70.6 Å². The second kappa shape index (κ2) is 6.38. The van der Waals surface area contributed by atoms with Crippen molar-refractivity contribution >= 4 is 54.0 Å². The number of hydrogen-bond acceptors (Lipinski definition) is 3. The Labute approximate surface area is 125 Å². The van der Waals surface area contributed by atoms with Crippen LogP contribution in [0.15, 0.2) is 22.7 Å². The molecule has 0 spiro atoms. The van der Waals surface area contributed by atoms with E-state index in [4.69, 9.17) is 0 Å². The van der Waals surface area contributed by atoms with Gasteiger partial charge in [0.05, 0.1) is 11.0 Å². The van der Waals surface area contributed by atoms with Gasteiger partial charge >= 0.3 is 0 Å². The molecule has 1 rings (SSSR count). The van der Waals surface area contributed by atoms with Gasteiger partial charge in [-0.25, -0.2) is 8.42 Å². The first kappa shape index (κ1) is 15.2. The molecular formula is C11H15BrINO2S. The monoisotopic (exact) mass is 431 g/mol. The lowest BCUT2D eigenvalue weighted by molar-refractivity contribution is 0.588. The van der Waals surface area contributed by atoms with Crippen LogP contribution in [0.25, 0.3) is 0 Å². The molecule has 0 saturated heterocycles. The Kier molecular flexibility index (Phi) is 5.72. The van der Waals surface area contributed by atoms with E-state index in [1.807, 2.05) is 18.2 Å².